The number of halogens is 1. The van der Waals surface area contributed by atoms with E-state index >= 15 is 0 Å². The second kappa shape index (κ2) is 6.23. The second-order valence-corrected chi connectivity index (χ2v) is 4.69. The van der Waals surface area contributed by atoms with Crippen LogP contribution >= 0.6 is 0 Å². The third-order valence-corrected chi connectivity index (χ3v) is 3.17. The Morgan fingerprint density at radius 2 is 1.87 bits per heavy atom. The highest BCUT2D eigenvalue weighted by Gasteiger charge is 2.17. The molecular formula is C17H11FN2O3. The van der Waals surface area contributed by atoms with Crippen LogP contribution in [0.4, 0.5) is 10.1 Å². The fourth-order valence-corrected chi connectivity index (χ4v) is 2.03. The van der Waals surface area contributed by atoms with Gasteiger partial charge in [0, 0.05) is 18.0 Å². The highest BCUT2D eigenvalue weighted by molar-refractivity contribution is 6.14. The fraction of sp³-hybridized carbons (Fsp3) is 0. The van der Waals surface area contributed by atoms with Gasteiger partial charge in [-0.05, 0) is 42.5 Å². The number of benzene rings is 1. The van der Waals surface area contributed by atoms with Crippen molar-refractivity contribution in [2.75, 3.05) is 5.32 Å². The summed E-state index contributed by atoms with van der Waals surface area (Å²) in [5.74, 6) is -1.15. The van der Waals surface area contributed by atoms with Gasteiger partial charge in [0.2, 0.25) is 0 Å². The first-order valence-electron chi connectivity index (χ1n) is 6.74. The van der Waals surface area contributed by atoms with Gasteiger partial charge in [-0.25, -0.2) is 4.39 Å². The summed E-state index contributed by atoms with van der Waals surface area (Å²) in [6.07, 6.45) is 4.19. The highest BCUT2D eigenvalue weighted by Crippen LogP contribution is 2.19. The molecule has 3 aromatic rings. The van der Waals surface area contributed by atoms with E-state index in [0.717, 1.165) is 0 Å². The lowest BCUT2D eigenvalue weighted by Gasteiger charge is -2.09. The summed E-state index contributed by atoms with van der Waals surface area (Å²) in [6.45, 7) is 0. The third kappa shape index (κ3) is 3.16. The van der Waals surface area contributed by atoms with Gasteiger partial charge < -0.3 is 9.73 Å². The minimum Gasteiger partial charge on any atom is -0.459 e. The van der Waals surface area contributed by atoms with Crippen molar-refractivity contribution in [1.82, 2.24) is 4.98 Å². The van der Waals surface area contributed by atoms with E-state index < -0.39 is 11.7 Å². The van der Waals surface area contributed by atoms with E-state index in [9.17, 15) is 14.0 Å². The fourth-order valence-electron chi connectivity index (χ4n) is 2.03. The third-order valence-electron chi connectivity index (χ3n) is 3.17. The van der Waals surface area contributed by atoms with E-state index in [-0.39, 0.29) is 17.1 Å². The molecule has 2 aromatic heterocycles. The van der Waals surface area contributed by atoms with Crippen LogP contribution in [-0.2, 0) is 0 Å². The molecule has 2 heterocycles. The Kier molecular flexibility index (Phi) is 3.97. The number of hydrogen-bond acceptors (Lipinski definition) is 4. The van der Waals surface area contributed by atoms with E-state index in [1.807, 2.05) is 0 Å². The molecule has 0 saturated heterocycles. The van der Waals surface area contributed by atoms with Crippen LogP contribution in [0.25, 0.3) is 0 Å². The molecule has 0 spiro atoms. The van der Waals surface area contributed by atoms with Crippen molar-refractivity contribution >= 4 is 17.4 Å². The highest BCUT2D eigenvalue weighted by atomic mass is 19.1. The molecule has 0 atom stereocenters. The molecule has 0 fully saturated rings. The molecule has 0 bridgehead atoms. The van der Waals surface area contributed by atoms with Crippen LogP contribution < -0.4 is 5.32 Å². The molecule has 0 aliphatic carbocycles. The quantitative estimate of drug-likeness (QED) is 0.750. The number of amides is 1. The topological polar surface area (TPSA) is 72.2 Å². The zero-order valence-electron chi connectivity index (χ0n) is 11.8. The van der Waals surface area contributed by atoms with Gasteiger partial charge >= 0.3 is 0 Å². The molecule has 0 saturated carbocycles. The van der Waals surface area contributed by atoms with E-state index in [0.29, 0.717) is 11.3 Å². The number of carbonyl (C=O) groups excluding carboxylic acids is 2. The lowest BCUT2D eigenvalue weighted by molar-refractivity contribution is 0.0996. The first kappa shape index (κ1) is 14.6. The van der Waals surface area contributed by atoms with Gasteiger partial charge in [0.1, 0.15) is 5.82 Å². The Morgan fingerprint density at radius 1 is 1.09 bits per heavy atom. The van der Waals surface area contributed by atoms with Crippen molar-refractivity contribution in [3.63, 3.8) is 0 Å². The Morgan fingerprint density at radius 3 is 2.57 bits per heavy atom. The Hall–Kier alpha value is -3.28. The van der Waals surface area contributed by atoms with Crippen LogP contribution in [0.3, 0.4) is 0 Å². The molecule has 0 aliphatic rings. The smallest absolute Gasteiger partial charge is 0.291 e. The number of nitrogens with one attached hydrogen (secondary N) is 1. The summed E-state index contributed by atoms with van der Waals surface area (Å²) in [5.41, 5.74) is 0.808. The van der Waals surface area contributed by atoms with Crippen LogP contribution in [0.15, 0.2) is 65.5 Å². The Balaban J connectivity index is 1.90. The van der Waals surface area contributed by atoms with Crippen molar-refractivity contribution in [3.05, 3.63) is 83.8 Å². The number of rotatable bonds is 4. The van der Waals surface area contributed by atoms with Crippen molar-refractivity contribution < 1.29 is 18.4 Å². The van der Waals surface area contributed by atoms with E-state index in [1.54, 1.807) is 6.07 Å². The summed E-state index contributed by atoms with van der Waals surface area (Å²) >= 11 is 0. The number of anilines is 1. The zero-order valence-corrected chi connectivity index (χ0v) is 11.8. The Labute approximate surface area is 130 Å². The second-order valence-electron chi connectivity index (χ2n) is 4.69. The first-order valence-corrected chi connectivity index (χ1v) is 6.74. The SMILES string of the molecule is O=C(Nc1ccncc1C(=O)c1ccc(F)cc1)c1ccco1. The maximum Gasteiger partial charge on any atom is 0.291 e. The molecule has 0 aliphatic heterocycles. The zero-order chi connectivity index (χ0) is 16.2. The van der Waals surface area contributed by atoms with Crippen molar-refractivity contribution in [2.45, 2.75) is 0 Å². The first-order chi connectivity index (χ1) is 11.1. The van der Waals surface area contributed by atoms with E-state index in [1.165, 1.54) is 55.1 Å². The molecule has 1 amide bonds. The standard InChI is InChI=1S/C17H11FN2O3/c18-12-5-3-11(4-6-12)16(21)13-10-19-8-7-14(13)20-17(22)15-2-1-9-23-15/h1-10H,(H,19,20,22). The summed E-state index contributed by atoms with van der Waals surface area (Å²) in [4.78, 5) is 28.5. The molecule has 1 aromatic carbocycles. The number of nitrogens with zero attached hydrogens (tertiary/aromatic N) is 1. The molecule has 0 radical (unpaired) electrons. The molecule has 6 heteroatoms. The van der Waals surface area contributed by atoms with Gasteiger partial charge in [-0.3, -0.25) is 14.6 Å². The maximum atomic E-state index is 13.0. The average Bonchev–Trinajstić information content (AvgIpc) is 3.10. The number of ketones is 1. The van der Waals surface area contributed by atoms with E-state index in [4.69, 9.17) is 4.42 Å². The van der Waals surface area contributed by atoms with Crippen molar-refractivity contribution in [2.24, 2.45) is 0 Å². The van der Waals surface area contributed by atoms with Crippen LogP contribution in [0, 0.1) is 5.82 Å². The van der Waals surface area contributed by atoms with Gasteiger partial charge in [-0.15, -0.1) is 0 Å². The minimum absolute atomic E-state index is 0.127. The molecule has 0 unspecified atom stereocenters. The predicted octanol–water partition coefficient (Wildman–Crippen LogP) is 3.30. The van der Waals surface area contributed by atoms with Crippen LogP contribution in [0.1, 0.15) is 26.5 Å². The Bertz CT molecular complexity index is 843. The predicted molar refractivity (Wildman–Crippen MR) is 80.7 cm³/mol. The number of furan rings is 1. The van der Waals surface area contributed by atoms with Gasteiger partial charge in [0.25, 0.3) is 5.91 Å². The summed E-state index contributed by atoms with van der Waals surface area (Å²) in [7, 11) is 0. The molecule has 5 nitrogen and oxygen atoms in total. The van der Waals surface area contributed by atoms with Crippen molar-refractivity contribution in [3.8, 4) is 0 Å². The number of hydrogen-bond donors (Lipinski definition) is 1. The van der Waals surface area contributed by atoms with Gasteiger partial charge in [0.15, 0.2) is 11.5 Å². The largest absolute Gasteiger partial charge is 0.459 e. The number of pyridine rings is 1. The van der Waals surface area contributed by atoms with Crippen LogP contribution in [0.5, 0.6) is 0 Å². The van der Waals surface area contributed by atoms with E-state index in [2.05, 4.69) is 10.3 Å². The molecular weight excluding hydrogens is 299 g/mol. The number of aromatic nitrogens is 1. The lowest BCUT2D eigenvalue weighted by atomic mass is 10.0. The van der Waals surface area contributed by atoms with Crippen LogP contribution in [-0.4, -0.2) is 16.7 Å². The number of carbonyl (C=O) groups is 2. The molecule has 3 rings (SSSR count). The molecule has 1 N–H and O–H groups in total. The normalized spacial score (nSPS) is 10.3. The monoisotopic (exact) mass is 310 g/mol. The molecule has 114 valence electrons. The van der Waals surface area contributed by atoms with Gasteiger partial charge in [-0.2, -0.15) is 0 Å². The lowest BCUT2D eigenvalue weighted by Crippen LogP contribution is -2.15. The molecule has 23 heavy (non-hydrogen) atoms. The van der Waals surface area contributed by atoms with Gasteiger partial charge in [0.05, 0.1) is 17.5 Å². The summed E-state index contributed by atoms with van der Waals surface area (Å²) in [6, 6.07) is 9.77. The maximum absolute atomic E-state index is 13.0. The van der Waals surface area contributed by atoms with Crippen molar-refractivity contribution in [1.29, 1.82) is 0 Å². The summed E-state index contributed by atoms with van der Waals surface area (Å²) < 4.78 is 18.0. The summed E-state index contributed by atoms with van der Waals surface area (Å²) in [5, 5.41) is 2.61. The minimum atomic E-state index is -0.477. The van der Waals surface area contributed by atoms with Crippen LogP contribution in [0.2, 0.25) is 0 Å². The van der Waals surface area contributed by atoms with Gasteiger partial charge in [-0.1, -0.05) is 0 Å². The average molecular weight is 310 g/mol.